The van der Waals surface area contributed by atoms with Crippen molar-refractivity contribution < 1.29 is 0 Å². The fraction of sp³-hybridized carbons (Fsp3) is 0.538. The predicted molar refractivity (Wildman–Crippen MR) is 78.4 cm³/mol. The summed E-state index contributed by atoms with van der Waals surface area (Å²) in [6.45, 7) is 0. The molecule has 0 bridgehead atoms. The summed E-state index contributed by atoms with van der Waals surface area (Å²) in [4.78, 5) is 0. The van der Waals surface area contributed by atoms with Crippen molar-refractivity contribution >= 4 is 28.8 Å². The van der Waals surface area contributed by atoms with Gasteiger partial charge in [-0.05, 0) is 37.3 Å². The first-order chi connectivity index (χ1) is 8.20. The average molecular weight is 251 g/mol. The Labute approximate surface area is 107 Å². The van der Waals surface area contributed by atoms with Gasteiger partial charge >= 0.3 is 0 Å². The Bertz CT molecular complexity index is 381. The van der Waals surface area contributed by atoms with Gasteiger partial charge in [0.05, 0.1) is 11.4 Å². The summed E-state index contributed by atoms with van der Waals surface area (Å²) >= 11 is 1.96. The molecule has 1 aliphatic rings. The van der Waals surface area contributed by atoms with Crippen LogP contribution < -0.4 is 16.8 Å². The lowest BCUT2D eigenvalue weighted by Crippen LogP contribution is -2.34. The van der Waals surface area contributed by atoms with Gasteiger partial charge < -0.3 is 16.8 Å². The van der Waals surface area contributed by atoms with E-state index in [0.717, 1.165) is 5.69 Å². The van der Waals surface area contributed by atoms with Crippen LogP contribution in [0, 0.1) is 0 Å². The van der Waals surface area contributed by atoms with E-state index >= 15 is 0 Å². The van der Waals surface area contributed by atoms with Crippen molar-refractivity contribution in [3.8, 4) is 0 Å². The van der Waals surface area contributed by atoms with Crippen molar-refractivity contribution in [1.82, 2.24) is 0 Å². The van der Waals surface area contributed by atoms with Crippen LogP contribution in [0.3, 0.4) is 0 Å². The number of benzene rings is 1. The normalized spacial score (nSPS) is 24.5. The smallest absolute Gasteiger partial charge is 0.0568 e. The minimum Gasteiger partial charge on any atom is -0.397 e. The third kappa shape index (κ3) is 3.00. The molecule has 0 aromatic heterocycles. The van der Waals surface area contributed by atoms with Crippen molar-refractivity contribution in [2.75, 3.05) is 23.0 Å². The zero-order chi connectivity index (χ0) is 12.3. The second-order valence-corrected chi connectivity index (χ2v) is 5.73. The molecule has 1 aromatic carbocycles. The van der Waals surface area contributed by atoms with Crippen molar-refractivity contribution in [2.45, 2.75) is 37.0 Å². The molecule has 0 spiro atoms. The van der Waals surface area contributed by atoms with E-state index in [9.17, 15) is 0 Å². The molecule has 1 saturated carbocycles. The molecule has 0 amide bonds. The van der Waals surface area contributed by atoms with E-state index in [1.54, 1.807) is 0 Å². The predicted octanol–water partition coefficient (Wildman–Crippen LogP) is 2.94. The maximum atomic E-state index is 5.82. The Kier molecular flexibility index (Phi) is 4.05. The first-order valence-corrected chi connectivity index (χ1v) is 7.44. The van der Waals surface area contributed by atoms with Gasteiger partial charge in [-0.1, -0.05) is 12.8 Å². The molecular formula is C13H21N3S. The van der Waals surface area contributed by atoms with Crippen LogP contribution >= 0.6 is 11.8 Å². The van der Waals surface area contributed by atoms with Gasteiger partial charge in [0.1, 0.15) is 0 Å². The number of thioether (sulfide) groups is 1. The van der Waals surface area contributed by atoms with Crippen LogP contribution in [0.5, 0.6) is 0 Å². The van der Waals surface area contributed by atoms with Gasteiger partial charge in [-0.15, -0.1) is 0 Å². The molecule has 5 N–H and O–H groups in total. The molecule has 4 heteroatoms. The highest BCUT2D eigenvalue weighted by Crippen LogP contribution is 2.30. The van der Waals surface area contributed by atoms with Crippen LogP contribution in [0.15, 0.2) is 18.2 Å². The van der Waals surface area contributed by atoms with E-state index in [0.29, 0.717) is 22.7 Å². The number of anilines is 3. The van der Waals surface area contributed by atoms with E-state index in [4.69, 9.17) is 11.5 Å². The zero-order valence-corrected chi connectivity index (χ0v) is 11.1. The molecule has 3 nitrogen and oxygen atoms in total. The van der Waals surface area contributed by atoms with Gasteiger partial charge in [-0.2, -0.15) is 11.8 Å². The fourth-order valence-corrected chi connectivity index (χ4v) is 3.36. The van der Waals surface area contributed by atoms with Crippen LogP contribution in [0.2, 0.25) is 0 Å². The highest BCUT2D eigenvalue weighted by Gasteiger charge is 2.23. The highest BCUT2D eigenvalue weighted by molar-refractivity contribution is 7.99. The lowest BCUT2D eigenvalue weighted by atomic mass is 9.94. The molecule has 2 rings (SSSR count). The number of nitrogen functional groups attached to an aromatic ring is 2. The van der Waals surface area contributed by atoms with Gasteiger partial charge in [0, 0.05) is 17.0 Å². The standard InChI is InChI=1S/C13H21N3S/c1-17-13-5-3-2-4-12(13)16-9-6-7-10(14)11(15)8-9/h6-8,12-13,16H,2-5,14-15H2,1H3. The van der Waals surface area contributed by atoms with E-state index in [-0.39, 0.29) is 0 Å². The molecular weight excluding hydrogens is 230 g/mol. The number of hydrogen-bond donors (Lipinski definition) is 3. The van der Waals surface area contributed by atoms with Crippen LogP contribution in [-0.2, 0) is 0 Å². The summed E-state index contributed by atoms with van der Waals surface area (Å²) in [5.41, 5.74) is 13.9. The molecule has 94 valence electrons. The minimum absolute atomic E-state index is 0.557. The molecule has 17 heavy (non-hydrogen) atoms. The highest BCUT2D eigenvalue weighted by atomic mass is 32.2. The molecule has 0 heterocycles. The summed E-state index contributed by atoms with van der Waals surface area (Å²) in [7, 11) is 0. The molecule has 1 aliphatic carbocycles. The van der Waals surface area contributed by atoms with E-state index < -0.39 is 0 Å². The Balaban J connectivity index is 2.05. The molecule has 2 unspecified atom stereocenters. The first-order valence-electron chi connectivity index (χ1n) is 6.15. The lowest BCUT2D eigenvalue weighted by Gasteiger charge is -2.31. The number of rotatable bonds is 3. The minimum atomic E-state index is 0.557. The Morgan fingerprint density at radius 3 is 2.65 bits per heavy atom. The summed E-state index contributed by atoms with van der Waals surface area (Å²) < 4.78 is 0. The topological polar surface area (TPSA) is 64.1 Å². The van der Waals surface area contributed by atoms with Crippen LogP contribution in [-0.4, -0.2) is 17.5 Å². The third-order valence-corrected chi connectivity index (χ3v) is 4.61. The lowest BCUT2D eigenvalue weighted by molar-refractivity contribution is 0.475. The van der Waals surface area contributed by atoms with Crippen molar-refractivity contribution in [3.63, 3.8) is 0 Å². The largest absolute Gasteiger partial charge is 0.397 e. The SMILES string of the molecule is CSC1CCCCC1Nc1ccc(N)c(N)c1. The summed E-state index contributed by atoms with van der Waals surface area (Å²) in [5, 5.41) is 4.30. The maximum Gasteiger partial charge on any atom is 0.0568 e. The Hall–Kier alpha value is -1.03. The van der Waals surface area contributed by atoms with Crippen LogP contribution in [0.25, 0.3) is 0 Å². The van der Waals surface area contributed by atoms with Crippen LogP contribution in [0.4, 0.5) is 17.1 Å². The van der Waals surface area contributed by atoms with E-state index in [1.807, 2.05) is 30.0 Å². The zero-order valence-electron chi connectivity index (χ0n) is 10.3. The second kappa shape index (κ2) is 5.54. The van der Waals surface area contributed by atoms with Gasteiger partial charge in [-0.3, -0.25) is 0 Å². The quantitative estimate of drug-likeness (QED) is 0.723. The van der Waals surface area contributed by atoms with Gasteiger partial charge in [0.2, 0.25) is 0 Å². The molecule has 0 saturated heterocycles. The van der Waals surface area contributed by atoms with Crippen LogP contribution in [0.1, 0.15) is 25.7 Å². The molecule has 0 radical (unpaired) electrons. The summed E-state index contributed by atoms with van der Waals surface area (Å²) in [6, 6.07) is 6.37. The van der Waals surface area contributed by atoms with E-state index in [2.05, 4.69) is 11.6 Å². The van der Waals surface area contributed by atoms with Crippen molar-refractivity contribution in [1.29, 1.82) is 0 Å². The number of nitrogens with one attached hydrogen (secondary N) is 1. The molecule has 1 fully saturated rings. The average Bonchev–Trinajstić information content (AvgIpc) is 2.34. The summed E-state index contributed by atoms with van der Waals surface area (Å²) in [5.74, 6) is 0. The summed E-state index contributed by atoms with van der Waals surface area (Å²) in [6.07, 6.45) is 7.42. The second-order valence-electron chi connectivity index (χ2n) is 4.65. The number of nitrogens with two attached hydrogens (primary N) is 2. The molecule has 1 aromatic rings. The maximum absolute atomic E-state index is 5.82. The monoisotopic (exact) mass is 251 g/mol. The van der Waals surface area contributed by atoms with E-state index in [1.165, 1.54) is 25.7 Å². The third-order valence-electron chi connectivity index (χ3n) is 3.44. The Morgan fingerprint density at radius 2 is 1.94 bits per heavy atom. The molecule has 2 atom stereocenters. The Morgan fingerprint density at radius 1 is 1.18 bits per heavy atom. The van der Waals surface area contributed by atoms with Crippen molar-refractivity contribution in [3.05, 3.63) is 18.2 Å². The molecule has 0 aliphatic heterocycles. The first kappa shape index (κ1) is 12.4. The van der Waals surface area contributed by atoms with Gasteiger partial charge in [0.15, 0.2) is 0 Å². The van der Waals surface area contributed by atoms with Gasteiger partial charge in [-0.25, -0.2) is 0 Å². The number of hydrogen-bond acceptors (Lipinski definition) is 4. The van der Waals surface area contributed by atoms with Crippen molar-refractivity contribution in [2.24, 2.45) is 0 Å². The fourth-order valence-electron chi connectivity index (χ4n) is 2.42. The van der Waals surface area contributed by atoms with Gasteiger partial charge in [0.25, 0.3) is 0 Å².